The van der Waals surface area contributed by atoms with Crippen molar-refractivity contribution in [1.29, 1.82) is 0 Å². The lowest BCUT2D eigenvalue weighted by atomic mass is 9.99. The fourth-order valence-corrected chi connectivity index (χ4v) is 2.34. The van der Waals surface area contributed by atoms with Crippen LogP contribution < -0.4 is 4.90 Å². The van der Waals surface area contributed by atoms with Crippen LogP contribution in [-0.2, 0) is 4.79 Å². The van der Waals surface area contributed by atoms with Gasteiger partial charge in [-0.1, -0.05) is 6.92 Å². The number of hydrogen-bond donors (Lipinski definition) is 1. The molecule has 1 saturated heterocycles. The van der Waals surface area contributed by atoms with Crippen LogP contribution in [0, 0.1) is 40.9 Å². The molecule has 0 spiro atoms. The third-order valence-electron chi connectivity index (χ3n) is 3.43. The summed E-state index contributed by atoms with van der Waals surface area (Å²) in [4.78, 5) is 11.8. The van der Waals surface area contributed by atoms with Gasteiger partial charge < -0.3 is 10.0 Å². The predicted molar refractivity (Wildman–Crippen MR) is 58.7 cm³/mol. The Morgan fingerprint density at radius 1 is 1.00 bits per heavy atom. The smallest absolute Gasteiger partial charge is 0.308 e. The summed E-state index contributed by atoms with van der Waals surface area (Å²) in [5.74, 6) is -12.8. The maximum absolute atomic E-state index is 13.6. The van der Waals surface area contributed by atoms with E-state index in [2.05, 4.69) is 0 Å². The lowest BCUT2D eigenvalue weighted by Gasteiger charge is -2.20. The molecular formula is C12H10F5NO2. The first-order valence-electron chi connectivity index (χ1n) is 5.74. The fourth-order valence-electron chi connectivity index (χ4n) is 2.34. The van der Waals surface area contributed by atoms with E-state index in [4.69, 9.17) is 5.11 Å². The summed E-state index contributed by atoms with van der Waals surface area (Å²) < 4.78 is 66.3. The van der Waals surface area contributed by atoms with Crippen molar-refractivity contribution in [2.75, 3.05) is 18.0 Å². The molecule has 1 N–H and O–H groups in total. The van der Waals surface area contributed by atoms with Gasteiger partial charge >= 0.3 is 5.97 Å². The van der Waals surface area contributed by atoms with Gasteiger partial charge in [-0.3, -0.25) is 4.79 Å². The molecule has 0 radical (unpaired) electrons. The van der Waals surface area contributed by atoms with E-state index in [1.165, 1.54) is 6.92 Å². The molecule has 20 heavy (non-hydrogen) atoms. The molecule has 2 rings (SSSR count). The van der Waals surface area contributed by atoms with Gasteiger partial charge in [0.05, 0.1) is 5.92 Å². The number of carboxylic acids is 1. The number of hydrogen-bond acceptors (Lipinski definition) is 2. The number of nitrogens with zero attached hydrogens (tertiary/aromatic N) is 1. The normalized spacial score (nSPS) is 22.4. The average molecular weight is 295 g/mol. The minimum absolute atomic E-state index is 0.102. The highest BCUT2D eigenvalue weighted by molar-refractivity contribution is 5.72. The fraction of sp³-hybridized carbons (Fsp3) is 0.417. The van der Waals surface area contributed by atoms with Gasteiger partial charge in [0.25, 0.3) is 0 Å². The number of benzene rings is 1. The largest absolute Gasteiger partial charge is 0.481 e. The van der Waals surface area contributed by atoms with E-state index >= 15 is 0 Å². The Labute approximate surface area is 110 Å². The first kappa shape index (κ1) is 14.5. The molecule has 1 aliphatic heterocycles. The van der Waals surface area contributed by atoms with E-state index in [9.17, 15) is 26.7 Å². The standard InChI is InChI=1S/C12H10F5NO2/c1-4-2-18(3-5(4)12(19)20)11-9(16)7(14)6(13)8(15)10(11)17/h4-5H,2-3H2,1H3,(H,19,20)/t4-,5-/m1/s1. The van der Waals surface area contributed by atoms with Crippen molar-refractivity contribution in [3.05, 3.63) is 29.1 Å². The van der Waals surface area contributed by atoms with Crippen molar-refractivity contribution in [2.24, 2.45) is 11.8 Å². The molecule has 1 aliphatic rings. The molecule has 1 aromatic carbocycles. The zero-order valence-corrected chi connectivity index (χ0v) is 10.3. The zero-order chi connectivity index (χ0) is 15.2. The number of carbonyl (C=O) groups is 1. The van der Waals surface area contributed by atoms with E-state index in [0.29, 0.717) is 0 Å². The zero-order valence-electron chi connectivity index (χ0n) is 10.3. The van der Waals surface area contributed by atoms with Crippen LogP contribution in [0.15, 0.2) is 0 Å². The van der Waals surface area contributed by atoms with E-state index in [0.717, 1.165) is 4.90 Å². The Morgan fingerprint density at radius 3 is 1.85 bits per heavy atom. The Hall–Kier alpha value is -1.86. The van der Waals surface area contributed by atoms with Crippen molar-refractivity contribution in [3.63, 3.8) is 0 Å². The van der Waals surface area contributed by atoms with Gasteiger partial charge in [0.2, 0.25) is 5.82 Å². The Kier molecular flexibility index (Phi) is 3.58. The van der Waals surface area contributed by atoms with Crippen LogP contribution in [0.3, 0.4) is 0 Å². The first-order valence-corrected chi connectivity index (χ1v) is 5.74. The second-order valence-electron chi connectivity index (χ2n) is 4.75. The quantitative estimate of drug-likeness (QED) is 0.518. The molecule has 0 amide bonds. The third-order valence-corrected chi connectivity index (χ3v) is 3.43. The molecule has 3 nitrogen and oxygen atoms in total. The SMILES string of the molecule is C[C@@H]1CN(c2c(F)c(F)c(F)c(F)c2F)C[C@H]1C(=O)O. The summed E-state index contributed by atoms with van der Waals surface area (Å²) in [7, 11) is 0. The van der Waals surface area contributed by atoms with E-state index < -0.39 is 52.6 Å². The Balaban J connectivity index is 2.48. The van der Waals surface area contributed by atoms with Crippen molar-refractivity contribution < 1.29 is 31.9 Å². The molecule has 110 valence electrons. The number of anilines is 1. The van der Waals surface area contributed by atoms with Crippen molar-refractivity contribution >= 4 is 11.7 Å². The molecule has 1 fully saturated rings. The Morgan fingerprint density at radius 2 is 1.45 bits per heavy atom. The first-order chi connectivity index (χ1) is 9.25. The maximum atomic E-state index is 13.6. The predicted octanol–water partition coefficient (Wildman–Crippen LogP) is 2.54. The number of rotatable bonds is 2. The summed E-state index contributed by atoms with van der Waals surface area (Å²) in [6, 6.07) is 0. The summed E-state index contributed by atoms with van der Waals surface area (Å²) >= 11 is 0. The van der Waals surface area contributed by atoms with Crippen LogP contribution in [0.5, 0.6) is 0 Å². The topological polar surface area (TPSA) is 40.5 Å². The van der Waals surface area contributed by atoms with Crippen LogP contribution >= 0.6 is 0 Å². The van der Waals surface area contributed by atoms with Gasteiger partial charge in [-0.05, 0) is 5.92 Å². The molecule has 2 atom stereocenters. The van der Waals surface area contributed by atoms with Crippen LogP contribution in [0.1, 0.15) is 6.92 Å². The summed E-state index contributed by atoms with van der Waals surface area (Å²) in [6.45, 7) is 1.12. The van der Waals surface area contributed by atoms with Crippen LogP contribution in [0.25, 0.3) is 0 Å². The van der Waals surface area contributed by atoms with Crippen molar-refractivity contribution in [1.82, 2.24) is 0 Å². The van der Waals surface area contributed by atoms with Gasteiger partial charge in [-0.25, -0.2) is 22.0 Å². The Bertz CT molecular complexity index is 548. The second-order valence-corrected chi connectivity index (χ2v) is 4.75. The summed E-state index contributed by atoms with van der Waals surface area (Å²) in [6.07, 6.45) is 0. The van der Waals surface area contributed by atoms with Gasteiger partial charge in [0.1, 0.15) is 5.69 Å². The highest BCUT2D eigenvalue weighted by Gasteiger charge is 2.39. The summed E-state index contributed by atoms with van der Waals surface area (Å²) in [5, 5.41) is 8.92. The molecule has 1 aromatic rings. The highest BCUT2D eigenvalue weighted by Crippen LogP contribution is 2.35. The summed E-state index contributed by atoms with van der Waals surface area (Å²) in [5.41, 5.74) is -1.07. The average Bonchev–Trinajstić information content (AvgIpc) is 2.76. The van der Waals surface area contributed by atoms with E-state index in [1.54, 1.807) is 0 Å². The molecule has 0 saturated carbocycles. The monoisotopic (exact) mass is 295 g/mol. The minimum atomic E-state index is -2.23. The molecule has 1 heterocycles. The molecular weight excluding hydrogens is 285 g/mol. The number of aliphatic carboxylic acids is 1. The van der Waals surface area contributed by atoms with Gasteiger partial charge in [-0.15, -0.1) is 0 Å². The number of carboxylic acid groups (broad SMARTS) is 1. The van der Waals surface area contributed by atoms with Crippen LogP contribution in [-0.4, -0.2) is 24.2 Å². The lowest BCUT2D eigenvalue weighted by molar-refractivity contribution is -0.142. The third kappa shape index (κ3) is 2.08. The lowest BCUT2D eigenvalue weighted by Crippen LogP contribution is -2.26. The van der Waals surface area contributed by atoms with Crippen molar-refractivity contribution in [2.45, 2.75) is 6.92 Å². The van der Waals surface area contributed by atoms with Gasteiger partial charge in [0, 0.05) is 13.1 Å². The molecule has 0 bridgehead atoms. The maximum Gasteiger partial charge on any atom is 0.308 e. The molecule has 0 aliphatic carbocycles. The number of halogens is 5. The molecule has 0 aromatic heterocycles. The second kappa shape index (κ2) is 4.92. The molecule has 8 heteroatoms. The van der Waals surface area contributed by atoms with Gasteiger partial charge in [0.15, 0.2) is 23.3 Å². The van der Waals surface area contributed by atoms with Crippen LogP contribution in [0.4, 0.5) is 27.6 Å². The van der Waals surface area contributed by atoms with Gasteiger partial charge in [-0.2, -0.15) is 0 Å². The minimum Gasteiger partial charge on any atom is -0.481 e. The van der Waals surface area contributed by atoms with Crippen LogP contribution in [0.2, 0.25) is 0 Å². The van der Waals surface area contributed by atoms with E-state index in [-0.39, 0.29) is 13.1 Å². The van der Waals surface area contributed by atoms with Crippen molar-refractivity contribution in [3.8, 4) is 0 Å². The highest BCUT2D eigenvalue weighted by atomic mass is 19.2. The molecule has 0 unspecified atom stereocenters. The van der Waals surface area contributed by atoms with E-state index in [1.807, 2.05) is 0 Å².